The number of ether oxygens (including phenoxy) is 4. The number of hydrogen-bond donors (Lipinski definition) is 3. The summed E-state index contributed by atoms with van der Waals surface area (Å²) < 4.78 is 68.7. The van der Waals surface area contributed by atoms with E-state index in [1.165, 1.54) is 270 Å². The molecule has 17 nitrogen and oxygen atoms in total. The van der Waals surface area contributed by atoms with Crippen molar-refractivity contribution < 1.29 is 80.2 Å². The van der Waals surface area contributed by atoms with Crippen molar-refractivity contribution in [3.8, 4) is 0 Å². The van der Waals surface area contributed by atoms with Gasteiger partial charge in [-0.15, -0.1) is 0 Å². The van der Waals surface area contributed by atoms with Crippen LogP contribution in [0.1, 0.15) is 439 Å². The Kier molecular flexibility index (Phi) is 73.8. The molecule has 0 aromatic carbocycles. The minimum atomic E-state index is -4.96. The number of unbranched alkanes of at least 4 members (excludes halogenated alkanes) is 56. The maximum absolute atomic E-state index is 13.1. The number of aliphatic hydroxyl groups excluding tert-OH is 1. The molecule has 2 unspecified atom stereocenters. The van der Waals surface area contributed by atoms with Crippen molar-refractivity contribution >= 4 is 39.5 Å². The number of carbonyl (C=O) groups is 4. The zero-order valence-corrected chi connectivity index (χ0v) is 67.0. The van der Waals surface area contributed by atoms with Gasteiger partial charge in [-0.25, -0.2) is 9.13 Å². The fourth-order valence-electron chi connectivity index (χ4n) is 12.6. The first-order chi connectivity index (χ1) is 48.7. The maximum atomic E-state index is 13.1. The van der Waals surface area contributed by atoms with Crippen molar-refractivity contribution in [2.75, 3.05) is 39.6 Å². The predicted molar refractivity (Wildman–Crippen MR) is 409 cm³/mol. The third kappa shape index (κ3) is 74.3. The molecular weight excluding hydrogens is 1310 g/mol. The lowest BCUT2D eigenvalue weighted by atomic mass is 10.0. The summed E-state index contributed by atoms with van der Waals surface area (Å²) in [4.78, 5) is 73.0. The molecule has 0 saturated carbocycles. The molecule has 0 saturated heterocycles. The minimum Gasteiger partial charge on any atom is -0.462 e. The van der Waals surface area contributed by atoms with Crippen LogP contribution in [0, 0.1) is 0 Å². The highest BCUT2D eigenvalue weighted by Crippen LogP contribution is 2.45. The Labute approximate surface area is 613 Å². The van der Waals surface area contributed by atoms with Crippen molar-refractivity contribution in [2.45, 2.75) is 457 Å². The van der Waals surface area contributed by atoms with E-state index in [1.54, 1.807) is 0 Å². The molecule has 100 heavy (non-hydrogen) atoms. The summed E-state index contributed by atoms with van der Waals surface area (Å²) in [5.41, 5.74) is 0. The normalized spacial score (nSPS) is 13.8. The Hall–Kier alpha value is -1.94. The molecule has 0 aliphatic carbocycles. The largest absolute Gasteiger partial charge is 0.472 e. The fourth-order valence-corrected chi connectivity index (χ4v) is 14.2. The van der Waals surface area contributed by atoms with Crippen LogP contribution in [-0.2, 0) is 65.4 Å². The van der Waals surface area contributed by atoms with Gasteiger partial charge in [0.2, 0.25) is 0 Å². The van der Waals surface area contributed by atoms with E-state index in [2.05, 4.69) is 27.7 Å². The summed E-state index contributed by atoms with van der Waals surface area (Å²) in [6, 6.07) is 0. The van der Waals surface area contributed by atoms with Crippen LogP contribution in [0.15, 0.2) is 0 Å². The summed E-state index contributed by atoms with van der Waals surface area (Å²) in [7, 11) is -9.92. The van der Waals surface area contributed by atoms with E-state index >= 15 is 0 Å². The van der Waals surface area contributed by atoms with Crippen LogP contribution in [0.25, 0.3) is 0 Å². The molecule has 594 valence electrons. The van der Waals surface area contributed by atoms with E-state index in [0.717, 1.165) is 89.9 Å². The van der Waals surface area contributed by atoms with Crippen LogP contribution in [0.4, 0.5) is 0 Å². The van der Waals surface area contributed by atoms with Crippen molar-refractivity contribution in [1.82, 2.24) is 0 Å². The highest BCUT2D eigenvalue weighted by atomic mass is 31.2. The lowest BCUT2D eigenvalue weighted by Crippen LogP contribution is -2.30. The highest BCUT2D eigenvalue weighted by Gasteiger charge is 2.30. The van der Waals surface area contributed by atoms with E-state index in [0.29, 0.717) is 25.7 Å². The molecule has 0 bridgehead atoms. The maximum Gasteiger partial charge on any atom is 0.472 e. The van der Waals surface area contributed by atoms with Gasteiger partial charge in [0.15, 0.2) is 12.2 Å². The number of aliphatic hydroxyl groups is 1. The van der Waals surface area contributed by atoms with Crippen molar-refractivity contribution in [3.05, 3.63) is 0 Å². The Morgan fingerprint density at radius 3 is 0.590 bits per heavy atom. The van der Waals surface area contributed by atoms with Crippen molar-refractivity contribution in [1.29, 1.82) is 0 Å². The molecule has 0 spiro atoms. The molecule has 0 rings (SSSR count). The monoisotopic (exact) mass is 1470 g/mol. The number of carbonyl (C=O) groups excluding carboxylic acids is 4. The molecule has 0 aromatic heterocycles. The van der Waals surface area contributed by atoms with E-state index in [-0.39, 0.29) is 25.7 Å². The molecule has 5 atom stereocenters. The van der Waals surface area contributed by atoms with E-state index < -0.39 is 97.5 Å². The number of phosphoric acid groups is 2. The summed E-state index contributed by atoms with van der Waals surface area (Å²) in [6.45, 7) is 5.02. The summed E-state index contributed by atoms with van der Waals surface area (Å²) in [5, 5.41) is 10.6. The van der Waals surface area contributed by atoms with Gasteiger partial charge in [-0.2, -0.15) is 0 Å². The van der Waals surface area contributed by atoms with Gasteiger partial charge in [-0.3, -0.25) is 37.3 Å². The molecule has 0 heterocycles. The van der Waals surface area contributed by atoms with Crippen LogP contribution in [0.3, 0.4) is 0 Å². The lowest BCUT2D eigenvalue weighted by Gasteiger charge is -2.21. The Morgan fingerprint density at radius 2 is 0.400 bits per heavy atom. The number of phosphoric ester groups is 2. The molecule has 0 amide bonds. The molecular formula is C81H158O17P2. The number of esters is 4. The first-order valence-corrected chi connectivity index (χ1v) is 45.3. The smallest absolute Gasteiger partial charge is 0.462 e. The topological polar surface area (TPSA) is 237 Å². The van der Waals surface area contributed by atoms with E-state index in [1.807, 2.05) is 0 Å². The molecule has 19 heteroatoms. The summed E-state index contributed by atoms with van der Waals surface area (Å²) in [5.74, 6) is -2.10. The molecule has 0 aliphatic heterocycles. The molecule has 3 N–H and O–H groups in total. The van der Waals surface area contributed by atoms with Gasteiger partial charge in [0, 0.05) is 25.7 Å². The van der Waals surface area contributed by atoms with Gasteiger partial charge in [0.1, 0.15) is 19.3 Å². The highest BCUT2D eigenvalue weighted by molar-refractivity contribution is 7.47. The molecule has 0 fully saturated rings. The van der Waals surface area contributed by atoms with Crippen molar-refractivity contribution in [3.63, 3.8) is 0 Å². The third-order valence-electron chi connectivity index (χ3n) is 19.1. The first kappa shape index (κ1) is 98.1. The van der Waals surface area contributed by atoms with Gasteiger partial charge in [-0.05, 0) is 25.7 Å². The average molecular weight is 1470 g/mol. The lowest BCUT2D eigenvalue weighted by molar-refractivity contribution is -0.161. The Bertz CT molecular complexity index is 1890. The molecule has 0 aliphatic rings. The summed E-state index contributed by atoms with van der Waals surface area (Å²) in [6.07, 6.45) is 67.9. The standard InChI is InChI=1S/C81H158O17P2/c1-5-9-13-17-21-25-29-32-35-36-37-38-39-40-42-45-48-52-56-60-64-68-81(86)98-77(72-92-79(84)66-62-58-54-50-46-44-41-33-30-26-22-18-14-10-6-2)74-96-100(89,90)94-70-75(82)69-93-99(87,88)95-73-76(71-91-78(83)65-61-57-53-49-28-24-20-16-12-8-4)97-80(85)67-63-59-55-51-47-43-34-31-27-23-19-15-11-7-3/h75-77,82H,5-74H2,1-4H3,(H,87,88)(H,89,90)/t75-,76+,77+/m0/s1. The predicted octanol–water partition coefficient (Wildman–Crippen LogP) is 24.6. The van der Waals surface area contributed by atoms with E-state index in [4.69, 9.17) is 37.0 Å². The van der Waals surface area contributed by atoms with E-state index in [9.17, 15) is 43.2 Å². The van der Waals surface area contributed by atoms with Crippen LogP contribution in [-0.4, -0.2) is 96.7 Å². The first-order valence-electron chi connectivity index (χ1n) is 42.3. The summed E-state index contributed by atoms with van der Waals surface area (Å²) >= 11 is 0. The zero-order chi connectivity index (χ0) is 73.2. The van der Waals surface area contributed by atoms with Crippen LogP contribution in [0.5, 0.6) is 0 Å². The van der Waals surface area contributed by atoms with Gasteiger partial charge < -0.3 is 33.8 Å². The second-order valence-corrected chi connectivity index (χ2v) is 32.1. The molecule has 0 radical (unpaired) electrons. The third-order valence-corrected chi connectivity index (χ3v) is 21.0. The second kappa shape index (κ2) is 75.3. The van der Waals surface area contributed by atoms with Crippen LogP contribution in [0.2, 0.25) is 0 Å². The molecule has 0 aromatic rings. The van der Waals surface area contributed by atoms with Crippen LogP contribution < -0.4 is 0 Å². The van der Waals surface area contributed by atoms with Gasteiger partial charge in [-0.1, -0.05) is 387 Å². The second-order valence-electron chi connectivity index (χ2n) is 29.2. The van der Waals surface area contributed by atoms with Gasteiger partial charge in [0.25, 0.3) is 0 Å². The minimum absolute atomic E-state index is 0.109. The van der Waals surface area contributed by atoms with Gasteiger partial charge >= 0.3 is 39.5 Å². The SMILES string of the molecule is CCCCCCCCCCCCCCCCCCCCCCCC(=O)O[C@H](COC(=O)CCCCCCCCCCCCCCCCC)COP(=O)(O)OC[C@@H](O)COP(=O)(O)OC[C@@H](COC(=O)CCCCCCCCCCCC)OC(=O)CCCCCCCCCCCCCCCC. The number of hydrogen-bond acceptors (Lipinski definition) is 15. The Balaban J connectivity index is 5.21. The zero-order valence-electron chi connectivity index (χ0n) is 65.2. The van der Waals surface area contributed by atoms with Gasteiger partial charge in [0.05, 0.1) is 26.4 Å². The van der Waals surface area contributed by atoms with Crippen LogP contribution >= 0.6 is 15.6 Å². The number of rotatable bonds is 82. The fraction of sp³-hybridized carbons (Fsp3) is 0.951. The average Bonchev–Trinajstić information content (AvgIpc) is 0.981. The van der Waals surface area contributed by atoms with Crippen molar-refractivity contribution in [2.24, 2.45) is 0 Å². The Morgan fingerprint density at radius 1 is 0.240 bits per heavy atom. The quantitative estimate of drug-likeness (QED) is 0.0222.